The number of hydrogen-bond acceptors (Lipinski definition) is 8. The summed E-state index contributed by atoms with van der Waals surface area (Å²) in [4.78, 5) is 32.4. The molecule has 0 bridgehead atoms. The van der Waals surface area contributed by atoms with Crippen molar-refractivity contribution in [1.82, 2.24) is 20.1 Å². The van der Waals surface area contributed by atoms with Crippen LogP contribution in [0.2, 0.25) is 0 Å². The zero-order valence-electron chi connectivity index (χ0n) is 20.6. The maximum Gasteiger partial charge on any atom is 0.425 e. The van der Waals surface area contributed by atoms with Gasteiger partial charge in [-0.25, -0.2) is 10.1 Å². The van der Waals surface area contributed by atoms with Gasteiger partial charge in [-0.15, -0.1) is 0 Å². The third kappa shape index (κ3) is 7.66. The summed E-state index contributed by atoms with van der Waals surface area (Å²) >= 11 is 0. The van der Waals surface area contributed by atoms with Gasteiger partial charge in [-0.05, 0) is 38.3 Å². The van der Waals surface area contributed by atoms with E-state index in [1.165, 1.54) is 6.20 Å². The van der Waals surface area contributed by atoms with Crippen LogP contribution in [0.4, 0.5) is 19.0 Å². The Hall–Kier alpha value is -3.66. The molecule has 37 heavy (non-hydrogen) atoms. The number of nitrogens with one attached hydrogen (secondary N) is 1. The minimum atomic E-state index is -4.89. The highest BCUT2D eigenvalue weighted by atomic mass is 19.4. The number of carbonyl (C=O) groups is 1. The number of rotatable bonds is 10. The van der Waals surface area contributed by atoms with E-state index in [0.29, 0.717) is 43.9 Å². The Labute approximate surface area is 212 Å². The van der Waals surface area contributed by atoms with Crippen molar-refractivity contribution in [1.29, 1.82) is 5.26 Å². The van der Waals surface area contributed by atoms with Gasteiger partial charge in [0.2, 0.25) is 5.91 Å². The number of ether oxygens (including phenoxy) is 2. The average Bonchev–Trinajstić information content (AvgIpc) is 2.87. The molecule has 1 aliphatic rings. The number of nitrogens with zero attached hydrogens (tertiary/aromatic N) is 5. The van der Waals surface area contributed by atoms with Gasteiger partial charge in [-0.2, -0.15) is 23.5 Å². The third-order valence-corrected chi connectivity index (χ3v) is 6.08. The lowest BCUT2D eigenvalue weighted by atomic mass is 10.0. The molecule has 0 spiro atoms. The van der Waals surface area contributed by atoms with E-state index in [4.69, 9.17) is 14.7 Å². The number of likely N-dealkylation sites (N-methyl/N-ethyl adjacent to an activating group) is 2. The van der Waals surface area contributed by atoms with Crippen molar-refractivity contribution in [2.75, 3.05) is 38.2 Å². The van der Waals surface area contributed by atoms with E-state index in [2.05, 4.69) is 10.1 Å². The molecule has 1 fully saturated rings. The summed E-state index contributed by atoms with van der Waals surface area (Å²) in [5.41, 5.74) is -2.35. The monoisotopic (exact) mass is 522 g/mol. The van der Waals surface area contributed by atoms with Crippen LogP contribution in [0.15, 0.2) is 29.3 Å². The van der Waals surface area contributed by atoms with Crippen molar-refractivity contribution in [3.8, 4) is 11.8 Å². The van der Waals surface area contributed by atoms with E-state index in [1.807, 2.05) is 24.9 Å². The number of nitriles is 1. The van der Waals surface area contributed by atoms with Crippen molar-refractivity contribution in [3.63, 3.8) is 0 Å². The first-order valence-electron chi connectivity index (χ1n) is 11.9. The Morgan fingerprint density at radius 3 is 2.68 bits per heavy atom. The van der Waals surface area contributed by atoms with Crippen LogP contribution in [0.5, 0.6) is 5.75 Å². The summed E-state index contributed by atoms with van der Waals surface area (Å²) < 4.78 is 50.8. The first-order valence-corrected chi connectivity index (χ1v) is 11.9. The highest BCUT2D eigenvalue weighted by Gasteiger charge is 2.38. The predicted molar refractivity (Wildman–Crippen MR) is 127 cm³/mol. The van der Waals surface area contributed by atoms with Crippen LogP contribution in [-0.4, -0.2) is 71.5 Å². The Morgan fingerprint density at radius 1 is 1.27 bits per heavy atom. The maximum atomic E-state index is 13.2. The summed E-state index contributed by atoms with van der Waals surface area (Å²) in [5, 5.41) is 14.1. The first kappa shape index (κ1) is 27.9. The number of H-pyrrole nitrogens is 1. The maximum absolute atomic E-state index is 13.2. The van der Waals surface area contributed by atoms with Gasteiger partial charge in [0.1, 0.15) is 18.5 Å². The Bertz CT molecular complexity index is 1150. The molecule has 3 rings (SSSR count). The predicted octanol–water partition coefficient (Wildman–Crippen LogP) is 2.75. The van der Waals surface area contributed by atoms with Gasteiger partial charge >= 0.3 is 6.18 Å². The molecule has 1 aliphatic heterocycles. The zero-order valence-corrected chi connectivity index (χ0v) is 20.6. The second-order valence-corrected chi connectivity index (χ2v) is 8.67. The van der Waals surface area contributed by atoms with E-state index < -0.39 is 29.2 Å². The van der Waals surface area contributed by atoms with Gasteiger partial charge in [0.05, 0.1) is 30.4 Å². The molecule has 0 aliphatic carbocycles. The van der Waals surface area contributed by atoms with Crippen LogP contribution in [0, 0.1) is 11.3 Å². The summed E-state index contributed by atoms with van der Waals surface area (Å²) in [5.74, 6) is -0.0604. The van der Waals surface area contributed by atoms with Gasteiger partial charge in [-0.3, -0.25) is 9.59 Å². The number of aromatic nitrogens is 3. The molecule has 1 amide bonds. The Balaban J connectivity index is 1.51. The summed E-state index contributed by atoms with van der Waals surface area (Å²) in [6.45, 7) is 3.18. The van der Waals surface area contributed by atoms with Crippen LogP contribution in [-0.2, 0) is 15.7 Å². The molecule has 2 aromatic rings. The quantitative estimate of drug-likeness (QED) is 0.505. The molecule has 0 unspecified atom stereocenters. The number of aromatic amines is 1. The van der Waals surface area contributed by atoms with Crippen LogP contribution >= 0.6 is 0 Å². The lowest BCUT2D eigenvalue weighted by Gasteiger charge is -2.32. The molecular weight excluding hydrogens is 493 g/mol. The van der Waals surface area contributed by atoms with E-state index >= 15 is 0 Å². The Morgan fingerprint density at radius 2 is 2.03 bits per heavy atom. The number of hydrogen-bond donors (Lipinski definition) is 1. The third-order valence-electron chi connectivity index (χ3n) is 6.08. The minimum absolute atomic E-state index is 0.0894. The van der Waals surface area contributed by atoms with Crippen LogP contribution < -0.4 is 15.2 Å². The number of halogens is 3. The van der Waals surface area contributed by atoms with Crippen LogP contribution in [0.1, 0.15) is 43.7 Å². The molecule has 2 atom stereocenters. The minimum Gasteiger partial charge on any atom is -0.488 e. The lowest BCUT2D eigenvalue weighted by molar-refractivity contribution is -0.142. The molecule has 1 saturated heterocycles. The van der Waals surface area contributed by atoms with E-state index in [1.54, 1.807) is 22.1 Å². The number of carbonyl (C=O) groups excluding carboxylic acids is 1. The number of pyridine rings is 1. The number of alkyl halides is 3. The molecule has 0 aromatic carbocycles. The SMILES string of the molecule is CCN(CCN(C)c1ccc(C#N)cn1)C(=O)C[C@@H]1CCC[C@@H](COc2cn[nH]c(=O)c2C(F)(F)F)O1. The highest BCUT2D eigenvalue weighted by molar-refractivity contribution is 5.76. The molecular formula is C24H29F3N6O4. The topological polar surface area (TPSA) is 124 Å². The Kier molecular flexibility index (Phi) is 9.46. The van der Waals surface area contributed by atoms with Crippen molar-refractivity contribution >= 4 is 11.7 Å². The van der Waals surface area contributed by atoms with E-state index in [-0.39, 0.29) is 25.0 Å². The zero-order chi connectivity index (χ0) is 27.0. The summed E-state index contributed by atoms with van der Waals surface area (Å²) in [6.07, 6.45) is -1.41. The molecule has 0 radical (unpaired) electrons. The second-order valence-electron chi connectivity index (χ2n) is 8.67. The lowest BCUT2D eigenvalue weighted by Crippen LogP contribution is -2.41. The van der Waals surface area contributed by atoms with Crippen LogP contribution in [0.25, 0.3) is 0 Å². The van der Waals surface area contributed by atoms with Crippen molar-refractivity contribution in [2.45, 2.75) is 51.0 Å². The van der Waals surface area contributed by atoms with Crippen molar-refractivity contribution < 1.29 is 27.4 Å². The fourth-order valence-corrected chi connectivity index (χ4v) is 4.04. The molecule has 1 N–H and O–H groups in total. The fourth-order valence-electron chi connectivity index (χ4n) is 4.04. The fraction of sp³-hybridized carbons (Fsp3) is 0.542. The molecule has 200 valence electrons. The molecule has 10 nitrogen and oxygen atoms in total. The van der Waals surface area contributed by atoms with Gasteiger partial charge in [0.15, 0.2) is 11.3 Å². The molecule has 0 saturated carbocycles. The average molecular weight is 523 g/mol. The van der Waals surface area contributed by atoms with Gasteiger partial charge in [0.25, 0.3) is 5.56 Å². The normalized spacial score (nSPS) is 17.6. The highest BCUT2D eigenvalue weighted by Crippen LogP contribution is 2.33. The largest absolute Gasteiger partial charge is 0.488 e. The van der Waals surface area contributed by atoms with E-state index in [9.17, 15) is 22.8 Å². The standard InChI is InChI=1S/C24H29F3N6O4/c1-3-33(10-9-32(2)20-8-7-16(12-28)13-29-20)21(34)11-17-5-4-6-18(37-17)15-36-19-14-30-31-23(35)22(19)24(25,26)27/h7-8,13-14,17-18H,3-6,9-11,15H2,1-2H3,(H,31,35)/t17-,18-/m0/s1. The number of anilines is 1. The first-order chi connectivity index (χ1) is 17.6. The molecule has 13 heteroatoms. The van der Waals surface area contributed by atoms with Gasteiger partial charge in [0, 0.05) is 32.9 Å². The summed E-state index contributed by atoms with van der Waals surface area (Å²) in [6, 6.07) is 5.44. The molecule has 3 heterocycles. The van der Waals surface area contributed by atoms with E-state index in [0.717, 1.165) is 12.6 Å². The van der Waals surface area contributed by atoms with Gasteiger partial charge in [-0.1, -0.05) is 0 Å². The molecule has 2 aromatic heterocycles. The van der Waals surface area contributed by atoms with Crippen LogP contribution in [0.3, 0.4) is 0 Å². The number of amides is 1. The van der Waals surface area contributed by atoms with Gasteiger partial charge < -0.3 is 19.3 Å². The van der Waals surface area contributed by atoms with Crippen molar-refractivity contribution in [2.24, 2.45) is 0 Å². The second kappa shape index (κ2) is 12.5. The van der Waals surface area contributed by atoms with Crippen molar-refractivity contribution in [3.05, 3.63) is 46.0 Å². The summed E-state index contributed by atoms with van der Waals surface area (Å²) in [7, 11) is 1.85. The smallest absolute Gasteiger partial charge is 0.425 e.